The Kier molecular flexibility index (Phi) is 4.63. The molecule has 23 heavy (non-hydrogen) atoms. The van der Waals surface area contributed by atoms with Crippen molar-refractivity contribution >= 4 is 5.91 Å². The molecule has 0 fully saturated rings. The van der Waals surface area contributed by atoms with Crippen molar-refractivity contribution in [2.75, 3.05) is 20.3 Å². The first-order valence-electron chi connectivity index (χ1n) is 7.86. The lowest BCUT2D eigenvalue weighted by Gasteiger charge is -2.30. The van der Waals surface area contributed by atoms with Crippen molar-refractivity contribution in [2.24, 2.45) is 0 Å². The lowest BCUT2D eigenvalue weighted by molar-refractivity contribution is -0.134. The van der Waals surface area contributed by atoms with Crippen molar-refractivity contribution in [3.05, 3.63) is 65.7 Å². The molecule has 0 saturated carbocycles. The first-order valence-corrected chi connectivity index (χ1v) is 7.86. The Morgan fingerprint density at radius 3 is 2.65 bits per heavy atom. The van der Waals surface area contributed by atoms with E-state index in [0.29, 0.717) is 13.0 Å². The number of nitrogens with zero attached hydrogens (tertiary/aromatic N) is 1. The van der Waals surface area contributed by atoms with Gasteiger partial charge < -0.3 is 14.7 Å². The summed E-state index contributed by atoms with van der Waals surface area (Å²) in [7, 11) is 1.80. The van der Waals surface area contributed by atoms with Crippen molar-refractivity contribution in [2.45, 2.75) is 18.4 Å². The summed E-state index contributed by atoms with van der Waals surface area (Å²) < 4.78 is 5.63. The van der Waals surface area contributed by atoms with Gasteiger partial charge in [-0.1, -0.05) is 48.5 Å². The number of carbonyl (C=O) groups is 1. The van der Waals surface area contributed by atoms with Gasteiger partial charge in [0, 0.05) is 19.2 Å². The zero-order valence-corrected chi connectivity index (χ0v) is 13.2. The Bertz CT molecular complexity index is 671. The van der Waals surface area contributed by atoms with E-state index in [1.54, 1.807) is 11.9 Å². The van der Waals surface area contributed by atoms with Gasteiger partial charge >= 0.3 is 0 Å². The molecule has 1 amide bonds. The normalized spacial score (nSPS) is 17.2. The molecule has 120 valence electrons. The molecule has 2 atom stereocenters. The summed E-state index contributed by atoms with van der Waals surface area (Å²) in [4.78, 5) is 14.7. The first kappa shape index (κ1) is 15.6. The Morgan fingerprint density at radius 1 is 1.22 bits per heavy atom. The Labute approximate surface area is 136 Å². The minimum Gasteiger partial charge on any atom is -0.492 e. The number of aliphatic hydroxyl groups excluding tert-OH is 1. The van der Waals surface area contributed by atoms with Crippen molar-refractivity contribution in [3.63, 3.8) is 0 Å². The predicted octanol–water partition coefficient (Wildman–Crippen LogP) is 2.74. The van der Waals surface area contributed by atoms with Gasteiger partial charge in [0.25, 0.3) is 0 Å². The SMILES string of the molecule is CN(C(=O)C1COc2ccccc21)C(CCO)c1ccccc1. The summed E-state index contributed by atoms with van der Waals surface area (Å²) in [6, 6.07) is 17.4. The van der Waals surface area contributed by atoms with E-state index in [1.165, 1.54) is 0 Å². The van der Waals surface area contributed by atoms with E-state index in [-0.39, 0.29) is 24.5 Å². The van der Waals surface area contributed by atoms with Crippen LogP contribution in [-0.4, -0.2) is 36.2 Å². The summed E-state index contributed by atoms with van der Waals surface area (Å²) in [6.45, 7) is 0.415. The third kappa shape index (κ3) is 3.08. The van der Waals surface area contributed by atoms with Crippen molar-refractivity contribution in [3.8, 4) is 5.75 Å². The number of fused-ring (bicyclic) bond motifs is 1. The third-order valence-corrected chi connectivity index (χ3v) is 4.40. The molecule has 0 radical (unpaired) electrons. The van der Waals surface area contributed by atoms with Crippen molar-refractivity contribution in [1.29, 1.82) is 0 Å². The number of benzene rings is 2. The van der Waals surface area contributed by atoms with E-state index in [4.69, 9.17) is 4.74 Å². The fourth-order valence-electron chi connectivity index (χ4n) is 3.15. The predicted molar refractivity (Wildman–Crippen MR) is 88.3 cm³/mol. The fourth-order valence-corrected chi connectivity index (χ4v) is 3.15. The number of amides is 1. The molecular formula is C19H21NO3. The van der Waals surface area contributed by atoms with Crippen molar-refractivity contribution in [1.82, 2.24) is 4.90 Å². The maximum absolute atomic E-state index is 13.0. The number of rotatable bonds is 5. The summed E-state index contributed by atoms with van der Waals surface area (Å²) in [5.41, 5.74) is 1.98. The van der Waals surface area contributed by atoms with Gasteiger partial charge in [0.15, 0.2) is 0 Å². The molecule has 2 aromatic rings. The average molecular weight is 311 g/mol. The molecular weight excluding hydrogens is 290 g/mol. The molecule has 0 aliphatic carbocycles. The molecule has 0 spiro atoms. The topological polar surface area (TPSA) is 49.8 Å². The van der Waals surface area contributed by atoms with Crippen LogP contribution >= 0.6 is 0 Å². The molecule has 2 aromatic carbocycles. The quantitative estimate of drug-likeness (QED) is 0.924. The summed E-state index contributed by atoms with van der Waals surface area (Å²) in [5, 5.41) is 9.39. The molecule has 0 saturated heterocycles. The third-order valence-electron chi connectivity index (χ3n) is 4.40. The van der Waals surface area contributed by atoms with Gasteiger partial charge in [0.1, 0.15) is 18.3 Å². The number of hydrogen-bond donors (Lipinski definition) is 1. The lowest BCUT2D eigenvalue weighted by atomic mass is 9.97. The van der Waals surface area contributed by atoms with E-state index in [1.807, 2.05) is 54.6 Å². The minimum atomic E-state index is -0.277. The number of hydrogen-bond acceptors (Lipinski definition) is 3. The van der Waals surface area contributed by atoms with E-state index in [0.717, 1.165) is 16.9 Å². The van der Waals surface area contributed by atoms with Crippen LogP contribution in [0.1, 0.15) is 29.5 Å². The number of para-hydroxylation sites is 1. The number of carbonyl (C=O) groups excluding carboxylic acids is 1. The van der Waals surface area contributed by atoms with Crippen LogP contribution in [0.15, 0.2) is 54.6 Å². The lowest BCUT2D eigenvalue weighted by Crippen LogP contribution is -2.36. The molecule has 4 heteroatoms. The minimum absolute atomic E-state index is 0.0252. The van der Waals surface area contributed by atoms with Gasteiger partial charge in [0.05, 0.1) is 6.04 Å². The van der Waals surface area contributed by atoms with Gasteiger partial charge in [-0.2, -0.15) is 0 Å². The maximum Gasteiger partial charge on any atom is 0.233 e. The van der Waals surface area contributed by atoms with E-state index in [2.05, 4.69) is 0 Å². The second-order valence-electron chi connectivity index (χ2n) is 5.79. The molecule has 1 aliphatic heterocycles. The van der Waals surface area contributed by atoms with E-state index < -0.39 is 0 Å². The van der Waals surface area contributed by atoms with Crippen LogP contribution in [0.5, 0.6) is 5.75 Å². The van der Waals surface area contributed by atoms with Crippen LogP contribution in [0.3, 0.4) is 0 Å². The number of likely N-dealkylation sites (N-methyl/N-ethyl adjacent to an activating group) is 1. The summed E-state index contributed by atoms with van der Waals surface area (Å²) >= 11 is 0. The smallest absolute Gasteiger partial charge is 0.233 e. The molecule has 0 bridgehead atoms. The standard InChI is InChI=1S/C19H21NO3/c1-20(17(11-12-21)14-7-3-2-4-8-14)19(22)16-13-23-18-10-6-5-9-15(16)18/h2-10,16-17,21H,11-13H2,1H3. The monoisotopic (exact) mass is 311 g/mol. The Hall–Kier alpha value is -2.33. The largest absolute Gasteiger partial charge is 0.492 e. The van der Waals surface area contributed by atoms with Crippen LogP contribution < -0.4 is 4.74 Å². The highest BCUT2D eigenvalue weighted by molar-refractivity contribution is 5.85. The van der Waals surface area contributed by atoms with E-state index >= 15 is 0 Å². The zero-order chi connectivity index (χ0) is 16.2. The van der Waals surface area contributed by atoms with Gasteiger partial charge in [-0.3, -0.25) is 4.79 Å². The van der Waals surface area contributed by atoms with Gasteiger partial charge in [-0.25, -0.2) is 0 Å². The Balaban J connectivity index is 1.83. The van der Waals surface area contributed by atoms with Crippen LogP contribution in [0.4, 0.5) is 0 Å². The molecule has 0 aromatic heterocycles. The van der Waals surface area contributed by atoms with Gasteiger partial charge in [-0.05, 0) is 18.1 Å². The second-order valence-corrected chi connectivity index (χ2v) is 5.79. The highest BCUT2D eigenvalue weighted by Crippen LogP contribution is 2.36. The fraction of sp³-hybridized carbons (Fsp3) is 0.316. The van der Waals surface area contributed by atoms with E-state index in [9.17, 15) is 9.90 Å². The summed E-state index contributed by atoms with van der Waals surface area (Å²) in [5.74, 6) is 0.538. The first-order chi connectivity index (χ1) is 11.2. The van der Waals surface area contributed by atoms with Gasteiger partial charge in [-0.15, -0.1) is 0 Å². The highest BCUT2D eigenvalue weighted by atomic mass is 16.5. The molecule has 2 unspecified atom stereocenters. The van der Waals surface area contributed by atoms with Gasteiger partial charge in [0.2, 0.25) is 5.91 Å². The Morgan fingerprint density at radius 2 is 1.91 bits per heavy atom. The summed E-state index contributed by atoms with van der Waals surface area (Å²) in [6.07, 6.45) is 0.515. The van der Waals surface area contributed by atoms with Crippen LogP contribution in [-0.2, 0) is 4.79 Å². The molecule has 1 aliphatic rings. The number of ether oxygens (including phenoxy) is 1. The zero-order valence-electron chi connectivity index (χ0n) is 13.2. The highest BCUT2D eigenvalue weighted by Gasteiger charge is 2.34. The molecule has 1 N–H and O–H groups in total. The number of aliphatic hydroxyl groups is 1. The van der Waals surface area contributed by atoms with Crippen LogP contribution in [0, 0.1) is 0 Å². The average Bonchev–Trinajstić information content (AvgIpc) is 3.03. The van der Waals surface area contributed by atoms with Crippen LogP contribution in [0.2, 0.25) is 0 Å². The second kappa shape index (κ2) is 6.84. The molecule has 4 nitrogen and oxygen atoms in total. The molecule has 3 rings (SSSR count). The van der Waals surface area contributed by atoms with Crippen LogP contribution in [0.25, 0.3) is 0 Å². The maximum atomic E-state index is 13.0. The molecule has 1 heterocycles. The van der Waals surface area contributed by atoms with Crippen molar-refractivity contribution < 1.29 is 14.6 Å².